The van der Waals surface area contributed by atoms with Crippen LogP contribution < -0.4 is 5.73 Å². The van der Waals surface area contributed by atoms with Crippen molar-refractivity contribution in [1.82, 2.24) is 9.55 Å². The van der Waals surface area contributed by atoms with Crippen LogP contribution in [-0.4, -0.2) is 16.1 Å². The fraction of sp³-hybridized carbons (Fsp3) is 0.462. The Morgan fingerprint density at radius 1 is 1.41 bits per heavy atom. The lowest BCUT2D eigenvalue weighted by Crippen LogP contribution is -2.21. The molecule has 1 aromatic heterocycles. The summed E-state index contributed by atoms with van der Waals surface area (Å²) >= 11 is 6.21. The van der Waals surface area contributed by atoms with E-state index in [2.05, 4.69) is 23.4 Å². The fourth-order valence-electron chi connectivity index (χ4n) is 2.25. The van der Waals surface area contributed by atoms with E-state index >= 15 is 0 Å². The predicted octanol–water partition coefficient (Wildman–Crippen LogP) is 2.93. The molecule has 2 aromatic rings. The van der Waals surface area contributed by atoms with Crippen molar-refractivity contribution in [3.8, 4) is 0 Å². The first-order chi connectivity index (χ1) is 8.06. The number of benzene rings is 1. The number of nitrogens with two attached hydrogens (primary N) is 1. The molecule has 1 atom stereocenters. The largest absolute Gasteiger partial charge is 0.330 e. The van der Waals surface area contributed by atoms with Gasteiger partial charge in [-0.15, -0.1) is 0 Å². The van der Waals surface area contributed by atoms with E-state index in [1.165, 1.54) is 0 Å². The van der Waals surface area contributed by atoms with Crippen LogP contribution in [0.3, 0.4) is 0 Å². The maximum absolute atomic E-state index is 6.21. The summed E-state index contributed by atoms with van der Waals surface area (Å²) in [5, 5.41) is 0.739. The number of hydrogen-bond acceptors (Lipinski definition) is 2. The van der Waals surface area contributed by atoms with Crippen LogP contribution in [-0.2, 0) is 7.05 Å². The molecule has 1 aromatic carbocycles. The molecular weight excluding hydrogens is 234 g/mol. The van der Waals surface area contributed by atoms with Crippen LogP contribution >= 0.6 is 11.6 Å². The van der Waals surface area contributed by atoms with Gasteiger partial charge in [-0.3, -0.25) is 0 Å². The van der Waals surface area contributed by atoms with Gasteiger partial charge in [-0.1, -0.05) is 31.5 Å². The van der Waals surface area contributed by atoms with Crippen LogP contribution in [0.5, 0.6) is 0 Å². The Morgan fingerprint density at radius 2 is 2.12 bits per heavy atom. The van der Waals surface area contributed by atoms with Crippen molar-refractivity contribution in [2.45, 2.75) is 19.8 Å². The summed E-state index contributed by atoms with van der Waals surface area (Å²) in [6, 6.07) is 5.80. The minimum atomic E-state index is 0.267. The second kappa shape index (κ2) is 4.67. The number of halogens is 1. The number of aromatic nitrogens is 2. The molecule has 3 nitrogen and oxygen atoms in total. The van der Waals surface area contributed by atoms with Crippen molar-refractivity contribution in [1.29, 1.82) is 0 Å². The van der Waals surface area contributed by atoms with E-state index < -0.39 is 0 Å². The SMILES string of the molecule is CC(C)C(CN)c1nc2cccc(Cl)c2n1C. The molecule has 2 rings (SSSR count). The summed E-state index contributed by atoms with van der Waals surface area (Å²) in [7, 11) is 2.00. The van der Waals surface area contributed by atoms with Crippen molar-refractivity contribution in [2.75, 3.05) is 6.54 Å². The number of para-hydroxylation sites is 1. The Balaban J connectivity index is 2.63. The van der Waals surface area contributed by atoms with E-state index in [1.807, 2.05) is 25.2 Å². The van der Waals surface area contributed by atoms with Crippen LogP contribution in [0.4, 0.5) is 0 Å². The number of nitrogens with zero attached hydrogens (tertiary/aromatic N) is 2. The zero-order chi connectivity index (χ0) is 12.6. The molecule has 0 bridgehead atoms. The molecule has 1 heterocycles. The molecule has 17 heavy (non-hydrogen) atoms. The zero-order valence-electron chi connectivity index (χ0n) is 10.4. The maximum atomic E-state index is 6.21. The summed E-state index contributed by atoms with van der Waals surface area (Å²) in [6.07, 6.45) is 0. The third kappa shape index (κ3) is 2.05. The summed E-state index contributed by atoms with van der Waals surface area (Å²) in [4.78, 5) is 4.66. The highest BCUT2D eigenvalue weighted by Crippen LogP contribution is 2.29. The minimum absolute atomic E-state index is 0.267. The third-order valence-electron chi connectivity index (χ3n) is 3.27. The molecule has 92 valence electrons. The van der Waals surface area contributed by atoms with E-state index in [0.717, 1.165) is 21.9 Å². The highest BCUT2D eigenvalue weighted by atomic mass is 35.5. The Morgan fingerprint density at radius 3 is 2.65 bits per heavy atom. The lowest BCUT2D eigenvalue weighted by molar-refractivity contribution is 0.474. The Bertz CT molecular complexity index is 531. The Kier molecular flexibility index (Phi) is 3.40. The van der Waals surface area contributed by atoms with Crippen LogP contribution in [0.25, 0.3) is 11.0 Å². The number of rotatable bonds is 3. The molecule has 0 aliphatic carbocycles. The van der Waals surface area contributed by atoms with Gasteiger partial charge in [0.2, 0.25) is 0 Å². The molecule has 1 unspecified atom stereocenters. The standard InChI is InChI=1S/C13H18ClN3/c1-8(2)9(7-15)13-16-11-6-4-5-10(14)12(11)17(13)3/h4-6,8-9H,7,15H2,1-3H3. The third-order valence-corrected chi connectivity index (χ3v) is 3.57. The second-order valence-electron chi connectivity index (χ2n) is 4.72. The summed E-state index contributed by atoms with van der Waals surface area (Å²) < 4.78 is 2.06. The van der Waals surface area contributed by atoms with Gasteiger partial charge in [0, 0.05) is 19.5 Å². The molecule has 0 saturated heterocycles. The van der Waals surface area contributed by atoms with Crippen molar-refractivity contribution in [2.24, 2.45) is 18.7 Å². The molecule has 0 saturated carbocycles. The van der Waals surface area contributed by atoms with Gasteiger partial charge < -0.3 is 10.3 Å². The smallest absolute Gasteiger partial charge is 0.114 e. The molecule has 0 spiro atoms. The highest BCUT2D eigenvalue weighted by Gasteiger charge is 2.21. The first-order valence-electron chi connectivity index (χ1n) is 5.87. The first-order valence-corrected chi connectivity index (χ1v) is 6.25. The van der Waals surface area contributed by atoms with Gasteiger partial charge in [-0.25, -0.2) is 4.98 Å². The van der Waals surface area contributed by atoms with Gasteiger partial charge >= 0.3 is 0 Å². The average Bonchev–Trinajstić information content (AvgIpc) is 2.58. The van der Waals surface area contributed by atoms with Gasteiger partial charge in [0.05, 0.1) is 16.1 Å². The van der Waals surface area contributed by atoms with Crippen molar-refractivity contribution in [3.05, 3.63) is 29.0 Å². The van der Waals surface area contributed by atoms with Gasteiger partial charge in [0.15, 0.2) is 0 Å². The predicted molar refractivity (Wildman–Crippen MR) is 72.4 cm³/mol. The number of aryl methyl sites for hydroxylation is 1. The van der Waals surface area contributed by atoms with Crippen molar-refractivity contribution in [3.63, 3.8) is 0 Å². The topological polar surface area (TPSA) is 43.8 Å². The van der Waals surface area contributed by atoms with Crippen LogP contribution in [0.1, 0.15) is 25.6 Å². The lowest BCUT2D eigenvalue weighted by atomic mass is 9.95. The second-order valence-corrected chi connectivity index (χ2v) is 5.13. The maximum Gasteiger partial charge on any atom is 0.114 e. The Hall–Kier alpha value is -1.06. The van der Waals surface area contributed by atoms with E-state index in [-0.39, 0.29) is 5.92 Å². The summed E-state index contributed by atoms with van der Waals surface area (Å²) in [6.45, 7) is 4.93. The van der Waals surface area contributed by atoms with E-state index in [1.54, 1.807) is 0 Å². The molecular formula is C13H18ClN3. The fourth-order valence-corrected chi connectivity index (χ4v) is 2.54. The van der Waals surface area contributed by atoms with E-state index in [9.17, 15) is 0 Å². The highest BCUT2D eigenvalue weighted by molar-refractivity contribution is 6.35. The molecule has 0 fully saturated rings. The minimum Gasteiger partial charge on any atom is -0.330 e. The van der Waals surface area contributed by atoms with Gasteiger partial charge in [0.1, 0.15) is 5.82 Å². The van der Waals surface area contributed by atoms with Gasteiger partial charge in [-0.05, 0) is 18.1 Å². The number of hydrogen-bond donors (Lipinski definition) is 1. The molecule has 0 amide bonds. The normalized spacial score (nSPS) is 13.5. The molecule has 4 heteroatoms. The van der Waals surface area contributed by atoms with E-state index in [4.69, 9.17) is 17.3 Å². The summed E-state index contributed by atoms with van der Waals surface area (Å²) in [5.41, 5.74) is 7.78. The zero-order valence-corrected chi connectivity index (χ0v) is 11.2. The molecule has 0 radical (unpaired) electrons. The van der Waals surface area contributed by atoms with E-state index in [0.29, 0.717) is 12.5 Å². The van der Waals surface area contributed by atoms with Crippen LogP contribution in [0, 0.1) is 5.92 Å². The monoisotopic (exact) mass is 251 g/mol. The molecule has 0 aliphatic heterocycles. The number of imidazole rings is 1. The molecule has 0 aliphatic rings. The van der Waals surface area contributed by atoms with Crippen LogP contribution in [0.2, 0.25) is 5.02 Å². The Labute approximate surface area is 107 Å². The van der Waals surface area contributed by atoms with Crippen molar-refractivity contribution < 1.29 is 0 Å². The average molecular weight is 252 g/mol. The van der Waals surface area contributed by atoms with Crippen molar-refractivity contribution >= 4 is 22.6 Å². The summed E-state index contributed by atoms with van der Waals surface area (Å²) in [5.74, 6) is 1.75. The first kappa shape index (κ1) is 12.4. The van der Waals surface area contributed by atoms with Crippen LogP contribution in [0.15, 0.2) is 18.2 Å². The molecule has 2 N–H and O–H groups in total. The number of fused-ring (bicyclic) bond motifs is 1. The van der Waals surface area contributed by atoms with Gasteiger partial charge in [0.25, 0.3) is 0 Å². The lowest BCUT2D eigenvalue weighted by Gasteiger charge is -2.18. The van der Waals surface area contributed by atoms with Gasteiger partial charge in [-0.2, -0.15) is 0 Å². The quantitative estimate of drug-likeness (QED) is 0.912.